The van der Waals surface area contributed by atoms with Crippen molar-refractivity contribution < 1.29 is 18.7 Å². The molecule has 4 nitrogen and oxygen atoms in total. The van der Waals surface area contributed by atoms with Gasteiger partial charge < -0.3 is 4.74 Å². The molecule has 1 unspecified atom stereocenters. The summed E-state index contributed by atoms with van der Waals surface area (Å²) in [6.45, 7) is 0. The average Bonchev–Trinajstić information content (AvgIpc) is 2.57. The Balaban J connectivity index is 2.41. The number of rotatable bonds is 2. The van der Waals surface area contributed by atoms with Crippen LogP contribution in [-0.4, -0.2) is 30.9 Å². The van der Waals surface area contributed by atoms with Crippen LogP contribution in [0.25, 0.3) is 0 Å². The van der Waals surface area contributed by atoms with Crippen molar-refractivity contribution in [3.8, 4) is 5.75 Å². The number of likely N-dealkylation sites (tertiary alicyclic amines) is 1. The standard InChI is InChI=1S/C12H12FNO3/c1-14-11(15)6-9(12(14)16)8-4-3-7(13)5-10(8)17-2/h3-5,9H,6H2,1-2H3. The largest absolute Gasteiger partial charge is 0.496 e. The first-order chi connectivity index (χ1) is 8.04. The topological polar surface area (TPSA) is 46.6 Å². The summed E-state index contributed by atoms with van der Waals surface area (Å²) in [6, 6.07) is 3.96. The predicted octanol–water partition coefficient (Wildman–Crippen LogP) is 1.31. The third-order valence-corrected chi connectivity index (χ3v) is 2.95. The number of carbonyl (C=O) groups is 2. The molecule has 2 amide bonds. The monoisotopic (exact) mass is 237 g/mol. The van der Waals surface area contributed by atoms with Crippen molar-refractivity contribution >= 4 is 11.8 Å². The van der Waals surface area contributed by atoms with E-state index in [0.29, 0.717) is 11.3 Å². The molecule has 0 aromatic heterocycles. The third-order valence-electron chi connectivity index (χ3n) is 2.95. The zero-order chi connectivity index (χ0) is 12.6. The van der Waals surface area contributed by atoms with Gasteiger partial charge in [0.1, 0.15) is 11.6 Å². The molecule has 2 rings (SSSR count). The summed E-state index contributed by atoms with van der Waals surface area (Å²) in [4.78, 5) is 24.3. The van der Waals surface area contributed by atoms with Crippen LogP contribution in [0.2, 0.25) is 0 Å². The summed E-state index contributed by atoms with van der Waals surface area (Å²) in [5.41, 5.74) is 0.552. The van der Waals surface area contributed by atoms with Crippen molar-refractivity contribution in [2.75, 3.05) is 14.2 Å². The van der Waals surface area contributed by atoms with Crippen molar-refractivity contribution in [1.82, 2.24) is 4.90 Å². The number of amides is 2. The molecule has 1 aromatic rings. The first-order valence-electron chi connectivity index (χ1n) is 5.18. The average molecular weight is 237 g/mol. The second kappa shape index (κ2) is 4.16. The fourth-order valence-corrected chi connectivity index (χ4v) is 1.97. The lowest BCUT2D eigenvalue weighted by atomic mass is 9.96. The number of benzene rings is 1. The number of nitrogens with zero attached hydrogens (tertiary/aromatic N) is 1. The molecule has 5 heteroatoms. The van der Waals surface area contributed by atoms with E-state index >= 15 is 0 Å². The third kappa shape index (κ3) is 1.88. The van der Waals surface area contributed by atoms with E-state index in [0.717, 1.165) is 4.90 Å². The van der Waals surface area contributed by atoms with Gasteiger partial charge in [0.05, 0.1) is 13.0 Å². The lowest BCUT2D eigenvalue weighted by Crippen LogP contribution is -2.25. The Labute approximate surface area is 98.0 Å². The van der Waals surface area contributed by atoms with Crippen LogP contribution in [0.3, 0.4) is 0 Å². The Morgan fingerprint density at radius 2 is 2.12 bits per heavy atom. The van der Waals surface area contributed by atoms with Gasteiger partial charge in [0.2, 0.25) is 11.8 Å². The van der Waals surface area contributed by atoms with Crippen molar-refractivity contribution in [2.45, 2.75) is 12.3 Å². The van der Waals surface area contributed by atoms with E-state index in [1.54, 1.807) is 0 Å². The molecule has 1 atom stereocenters. The highest BCUT2D eigenvalue weighted by molar-refractivity contribution is 6.06. The Morgan fingerprint density at radius 3 is 2.65 bits per heavy atom. The fraction of sp³-hybridized carbons (Fsp3) is 0.333. The molecule has 1 aliphatic rings. The molecule has 0 bridgehead atoms. The molecular formula is C12H12FNO3. The van der Waals surface area contributed by atoms with Gasteiger partial charge >= 0.3 is 0 Å². The van der Waals surface area contributed by atoms with E-state index in [4.69, 9.17) is 4.74 Å². The molecule has 17 heavy (non-hydrogen) atoms. The number of hydrogen-bond acceptors (Lipinski definition) is 3. The van der Waals surface area contributed by atoms with Crippen molar-refractivity contribution in [3.63, 3.8) is 0 Å². The van der Waals surface area contributed by atoms with Gasteiger partial charge in [-0.2, -0.15) is 0 Å². The molecule has 1 aromatic carbocycles. The molecule has 1 heterocycles. The fourth-order valence-electron chi connectivity index (χ4n) is 1.97. The second-order valence-corrected chi connectivity index (χ2v) is 3.93. The Hall–Kier alpha value is -1.91. The summed E-state index contributed by atoms with van der Waals surface area (Å²) >= 11 is 0. The zero-order valence-electron chi connectivity index (χ0n) is 9.57. The van der Waals surface area contributed by atoms with Gasteiger partial charge in [-0.25, -0.2) is 4.39 Å². The van der Waals surface area contributed by atoms with Crippen LogP contribution < -0.4 is 4.74 Å². The van der Waals surface area contributed by atoms with Crippen molar-refractivity contribution in [1.29, 1.82) is 0 Å². The van der Waals surface area contributed by atoms with E-state index in [1.807, 2.05) is 0 Å². The molecule has 0 aliphatic carbocycles. The number of imide groups is 1. The highest BCUT2D eigenvalue weighted by Crippen LogP contribution is 2.34. The van der Waals surface area contributed by atoms with Crippen LogP contribution in [0.15, 0.2) is 18.2 Å². The van der Waals surface area contributed by atoms with Crippen LogP contribution in [0.1, 0.15) is 17.9 Å². The van der Waals surface area contributed by atoms with Gasteiger partial charge in [0, 0.05) is 25.1 Å². The number of ether oxygens (including phenoxy) is 1. The highest BCUT2D eigenvalue weighted by Gasteiger charge is 2.38. The minimum Gasteiger partial charge on any atom is -0.496 e. The molecule has 0 saturated carbocycles. The van der Waals surface area contributed by atoms with Crippen LogP contribution in [0, 0.1) is 5.82 Å². The summed E-state index contributed by atoms with van der Waals surface area (Å²) in [6.07, 6.45) is 0.108. The van der Waals surface area contributed by atoms with E-state index < -0.39 is 11.7 Å². The maximum absolute atomic E-state index is 13.0. The number of carbonyl (C=O) groups excluding carboxylic acids is 2. The first kappa shape index (κ1) is 11.6. The summed E-state index contributed by atoms with van der Waals surface area (Å²) in [5, 5.41) is 0. The lowest BCUT2D eigenvalue weighted by molar-refractivity contribution is -0.137. The second-order valence-electron chi connectivity index (χ2n) is 3.93. The molecule has 90 valence electrons. The predicted molar refractivity (Wildman–Crippen MR) is 58.1 cm³/mol. The summed E-state index contributed by atoms with van der Waals surface area (Å²) < 4.78 is 18.1. The van der Waals surface area contributed by atoms with Crippen LogP contribution in [0.4, 0.5) is 4.39 Å². The Kier molecular flexibility index (Phi) is 2.83. The first-order valence-corrected chi connectivity index (χ1v) is 5.18. The maximum Gasteiger partial charge on any atom is 0.237 e. The van der Waals surface area contributed by atoms with Crippen LogP contribution in [-0.2, 0) is 9.59 Å². The van der Waals surface area contributed by atoms with E-state index in [1.165, 1.54) is 32.4 Å². The molecule has 1 fully saturated rings. The van der Waals surface area contributed by atoms with E-state index in [9.17, 15) is 14.0 Å². The molecule has 1 saturated heterocycles. The molecule has 1 aliphatic heterocycles. The van der Waals surface area contributed by atoms with Gasteiger partial charge in [0.15, 0.2) is 0 Å². The SMILES string of the molecule is COc1cc(F)ccc1C1CC(=O)N(C)C1=O. The zero-order valence-corrected chi connectivity index (χ0v) is 9.57. The number of methoxy groups -OCH3 is 1. The quantitative estimate of drug-likeness (QED) is 0.728. The maximum atomic E-state index is 13.0. The van der Waals surface area contributed by atoms with Gasteiger partial charge in [-0.15, -0.1) is 0 Å². The number of halogens is 1. The molecule has 0 N–H and O–H groups in total. The molecular weight excluding hydrogens is 225 g/mol. The van der Waals surface area contributed by atoms with Gasteiger partial charge in [0.25, 0.3) is 0 Å². The molecule has 0 radical (unpaired) electrons. The van der Waals surface area contributed by atoms with E-state index in [-0.39, 0.29) is 18.2 Å². The number of likely N-dealkylation sites (N-methyl/N-ethyl adjacent to an activating group) is 1. The Morgan fingerprint density at radius 1 is 1.41 bits per heavy atom. The Bertz CT molecular complexity index is 487. The van der Waals surface area contributed by atoms with Gasteiger partial charge in [-0.1, -0.05) is 6.07 Å². The summed E-state index contributed by atoms with van der Waals surface area (Å²) in [7, 11) is 2.85. The van der Waals surface area contributed by atoms with Crippen LogP contribution in [0.5, 0.6) is 5.75 Å². The number of hydrogen-bond donors (Lipinski definition) is 0. The van der Waals surface area contributed by atoms with Gasteiger partial charge in [-0.3, -0.25) is 14.5 Å². The normalized spacial score (nSPS) is 19.9. The highest BCUT2D eigenvalue weighted by atomic mass is 19.1. The van der Waals surface area contributed by atoms with E-state index in [2.05, 4.69) is 0 Å². The minimum absolute atomic E-state index is 0.108. The van der Waals surface area contributed by atoms with Crippen molar-refractivity contribution in [2.24, 2.45) is 0 Å². The lowest BCUT2D eigenvalue weighted by Gasteiger charge is -2.13. The summed E-state index contributed by atoms with van der Waals surface area (Å²) in [5.74, 6) is -1.21. The smallest absolute Gasteiger partial charge is 0.237 e. The van der Waals surface area contributed by atoms with Gasteiger partial charge in [-0.05, 0) is 6.07 Å². The minimum atomic E-state index is -0.567. The molecule has 0 spiro atoms. The van der Waals surface area contributed by atoms with Crippen molar-refractivity contribution in [3.05, 3.63) is 29.6 Å². The van der Waals surface area contributed by atoms with Crippen LogP contribution >= 0.6 is 0 Å².